The number of halogens is 1. The Morgan fingerprint density at radius 1 is 1.18 bits per heavy atom. The summed E-state index contributed by atoms with van der Waals surface area (Å²) >= 11 is 1.61. The summed E-state index contributed by atoms with van der Waals surface area (Å²) in [6.45, 7) is 2.35. The summed E-state index contributed by atoms with van der Waals surface area (Å²) in [6, 6.07) is 13.8. The average molecular weight is 415 g/mol. The van der Waals surface area contributed by atoms with Crippen molar-refractivity contribution in [2.24, 2.45) is 0 Å². The molecule has 0 aliphatic carbocycles. The first kappa shape index (κ1) is 20.0. The second kappa shape index (κ2) is 8.50. The van der Waals surface area contributed by atoms with Gasteiger partial charge < -0.3 is 15.7 Å². The van der Waals surface area contributed by atoms with Gasteiger partial charge in [0.2, 0.25) is 0 Å². The third-order valence-corrected chi connectivity index (χ3v) is 5.51. The van der Waals surface area contributed by atoms with Crippen LogP contribution >= 0.6 is 24.2 Å². The Kier molecular flexibility index (Phi) is 6.06. The standard InChI is InChI=1S/C20H18N4O2S.ClH/c1-12(20(25)26)14-3-5-15(6-4-14)23-11-13-2-7-17-16(10-13)24-18-19(27-17)22-9-8-21-18;/h2-10,12,23H,11H2,1H3,(H,21,24)(H,25,26);1H. The Bertz CT molecular complexity index is 998. The van der Waals surface area contributed by atoms with Crippen molar-refractivity contribution in [3.05, 3.63) is 66.0 Å². The Labute approximate surface area is 173 Å². The lowest BCUT2D eigenvalue weighted by molar-refractivity contribution is -0.138. The van der Waals surface area contributed by atoms with E-state index in [2.05, 4.69) is 38.8 Å². The van der Waals surface area contributed by atoms with Gasteiger partial charge in [-0.3, -0.25) is 4.79 Å². The molecule has 6 nitrogen and oxygen atoms in total. The van der Waals surface area contributed by atoms with E-state index in [4.69, 9.17) is 5.11 Å². The highest BCUT2D eigenvalue weighted by atomic mass is 35.5. The topological polar surface area (TPSA) is 87.1 Å². The summed E-state index contributed by atoms with van der Waals surface area (Å²) in [7, 11) is 0. The van der Waals surface area contributed by atoms with Crippen molar-refractivity contribution in [2.75, 3.05) is 10.6 Å². The zero-order valence-electron chi connectivity index (χ0n) is 15.0. The summed E-state index contributed by atoms with van der Waals surface area (Å²) in [5.41, 5.74) is 3.91. The van der Waals surface area contributed by atoms with Gasteiger partial charge in [0, 0.05) is 29.5 Å². The first-order valence-electron chi connectivity index (χ1n) is 8.55. The van der Waals surface area contributed by atoms with Gasteiger partial charge >= 0.3 is 5.97 Å². The highest BCUT2D eigenvalue weighted by Gasteiger charge is 2.17. The quantitative estimate of drug-likeness (QED) is 0.427. The first-order chi connectivity index (χ1) is 13.1. The highest BCUT2D eigenvalue weighted by Crippen LogP contribution is 2.42. The molecule has 4 rings (SSSR count). The van der Waals surface area contributed by atoms with Crippen molar-refractivity contribution in [3.8, 4) is 0 Å². The fourth-order valence-electron chi connectivity index (χ4n) is 2.83. The number of anilines is 3. The molecule has 3 aromatic rings. The van der Waals surface area contributed by atoms with Gasteiger partial charge in [0.1, 0.15) is 5.03 Å². The molecule has 144 valence electrons. The lowest BCUT2D eigenvalue weighted by atomic mass is 10.0. The molecule has 0 amide bonds. The van der Waals surface area contributed by atoms with Gasteiger partial charge in [0.15, 0.2) is 5.82 Å². The number of fused-ring (bicyclic) bond motifs is 2. The summed E-state index contributed by atoms with van der Waals surface area (Å²) in [5, 5.41) is 16.7. The Morgan fingerprint density at radius 3 is 2.68 bits per heavy atom. The number of carbonyl (C=O) groups is 1. The molecule has 0 saturated carbocycles. The number of carboxylic acid groups (broad SMARTS) is 1. The number of carboxylic acids is 1. The van der Waals surface area contributed by atoms with Crippen LogP contribution in [-0.4, -0.2) is 21.0 Å². The predicted octanol–water partition coefficient (Wildman–Crippen LogP) is 4.91. The molecule has 0 bridgehead atoms. The van der Waals surface area contributed by atoms with Gasteiger partial charge in [-0.25, -0.2) is 9.97 Å². The van der Waals surface area contributed by atoms with Crippen LogP contribution < -0.4 is 10.6 Å². The van der Waals surface area contributed by atoms with E-state index in [-0.39, 0.29) is 12.4 Å². The lowest BCUT2D eigenvalue weighted by Gasteiger charge is -2.19. The maximum absolute atomic E-state index is 11.1. The number of benzene rings is 2. The molecular formula is C20H19ClN4O2S. The summed E-state index contributed by atoms with van der Waals surface area (Å²) in [4.78, 5) is 20.8. The number of nitrogens with one attached hydrogen (secondary N) is 2. The van der Waals surface area contributed by atoms with E-state index >= 15 is 0 Å². The van der Waals surface area contributed by atoms with Gasteiger partial charge in [-0.05, 0) is 42.3 Å². The second-order valence-corrected chi connectivity index (χ2v) is 7.33. The molecule has 1 aliphatic heterocycles. The molecule has 1 aromatic heterocycles. The van der Waals surface area contributed by atoms with Crippen LogP contribution in [0.25, 0.3) is 0 Å². The predicted molar refractivity (Wildman–Crippen MR) is 113 cm³/mol. The molecule has 28 heavy (non-hydrogen) atoms. The van der Waals surface area contributed by atoms with E-state index in [9.17, 15) is 4.79 Å². The van der Waals surface area contributed by atoms with E-state index in [0.29, 0.717) is 6.54 Å². The van der Waals surface area contributed by atoms with Crippen molar-refractivity contribution in [3.63, 3.8) is 0 Å². The molecule has 0 fully saturated rings. The normalized spacial score (nSPS) is 12.6. The summed E-state index contributed by atoms with van der Waals surface area (Å²) < 4.78 is 0. The molecule has 3 N–H and O–H groups in total. The van der Waals surface area contributed by atoms with Gasteiger partial charge in [-0.2, -0.15) is 0 Å². The van der Waals surface area contributed by atoms with Crippen molar-refractivity contribution < 1.29 is 9.90 Å². The molecular weight excluding hydrogens is 396 g/mol. The van der Waals surface area contributed by atoms with Crippen LogP contribution in [-0.2, 0) is 11.3 Å². The SMILES string of the molecule is CC(C(=O)O)c1ccc(NCc2ccc3c(c2)Nc2nccnc2S3)cc1.Cl. The average Bonchev–Trinajstić information content (AvgIpc) is 2.70. The minimum atomic E-state index is -0.818. The zero-order valence-corrected chi connectivity index (χ0v) is 16.7. The zero-order chi connectivity index (χ0) is 18.8. The largest absolute Gasteiger partial charge is 0.481 e. The maximum Gasteiger partial charge on any atom is 0.310 e. The van der Waals surface area contributed by atoms with Gasteiger partial charge in [0.25, 0.3) is 0 Å². The van der Waals surface area contributed by atoms with E-state index in [1.165, 1.54) is 0 Å². The van der Waals surface area contributed by atoms with Crippen molar-refractivity contribution in [1.29, 1.82) is 0 Å². The Morgan fingerprint density at radius 2 is 1.93 bits per heavy atom. The minimum absolute atomic E-state index is 0. The van der Waals surface area contributed by atoms with Gasteiger partial charge in [-0.15, -0.1) is 12.4 Å². The van der Waals surface area contributed by atoms with Crippen LogP contribution in [0.1, 0.15) is 24.0 Å². The fraction of sp³-hybridized carbons (Fsp3) is 0.150. The van der Waals surface area contributed by atoms with E-state index in [1.807, 2.05) is 24.3 Å². The van der Waals surface area contributed by atoms with E-state index in [1.54, 1.807) is 31.1 Å². The molecule has 1 unspecified atom stereocenters. The minimum Gasteiger partial charge on any atom is -0.481 e. The molecule has 0 spiro atoms. The number of hydrogen-bond acceptors (Lipinski definition) is 6. The van der Waals surface area contributed by atoms with Crippen molar-refractivity contribution in [1.82, 2.24) is 9.97 Å². The van der Waals surface area contributed by atoms with E-state index in [0.717, 1.165) is 38.2 Å². The van der Waals surface area contributed by atoms with Crippen LogP contribution in [0.5, 0.6) is 0 Å². The molecule has 0 saturated heterocycles. The van der Waals surface area contributed by atoms with Crippen LogP contribution in [0.2, 0.25) is 0 Å². The van der Waals surface area contributed by atoms with Crippen molar-refractivity contribution in [2.45, 2.75) is 29.3 Å². The molecule has 0 radical (unpaired) electrons. The summed E-state index contributed by atoms with van der Waals surface area (Å²) in [5.74, 6) is -0.543. The molecule has 2 aromatic carbocycles. The molecule has 1 aliphatic rings. The molecule has 1 atom stereocenters. The van der Waals surface area contributed by atoms with Crippen LogP contribution in [0.3, 0.4) is 0 Å². The molecule has 8 heteroatoms. The summed E-state index contributed by atoms with van der Waals surface area (Å²) in [6.07, 6.45) is 3.37. The first-order valence-corrected chi connectivity index (χ1v) is 9.37. The number of aliphatic carboxylic acids is 1. The lowest BCUT2D eigenvalue weighted by Crippen LogP contribution is -2.07. The Balaban J connectivity index is 0.00000225. The second-order valence-electron chi connectivity index (χ2n) is 6.30. The smallest absolute Gasteiger partial charge is 0.310 e. The molecule has 2 heterocycles. The van der Waals surface area contributed by atoms with Gasteiger partial charge in [0.05, 0.1) is 11.6 Å². The monoisotopic (exact) mass is 414 g/mol. The third kappa shape index (κ3) is 4.21. The highest BCUT2D eigenvalue weighted by molar-refractivity contribution is 7.99. The Hall–Kier alpha value is -2.77. The van der Waals surface area contributed by atoms with Crippen molar-refractivity contribution >= 4 is 47.3 Å². The van der Waals surface area contributed by atoms with Crippen LogP contribution in [0.4, 0.5) is 17.2 Å². The number of nitrogens with zero attached hydrogens (tertiary/aromatic N) is 2. The van der Waals surface area contributed by atoms with Crippen LogP contribution in [0.15, 0.2) is 64.8 Å². The number of aromatic nitrogens is 2. The van der Waals surface area contributed by atoms with Crippen LogP contribution in [0, 0.1) is 0 Å². The third-order valence-electron chi connectivity index (χ3n) is 4.45. The fourth-order valence-corrected chi connectivity index (χ4v) is 3.71. The number of rotatable bonds is 5. The van der Waals surface area contributed by atoms with E-state index < -0.39 is 11.9 Å². The maximum atomic E-state index is 11.1. The number of hydrogen-bond donors (Lipinski definition) is 3. The van der Waals surface area contributed by atoms with Gasteiger partial charge in [-0.1, -0.05) is 30.0 Å².